The summed E-state index contributed by atoms with van der Waals surface area (Å²) in [6.07, 6.45) is 2.67. The SMILES string of the molecule is CC.CC[C@@H]1CC[N-]C1.[Rb+]. The molecule has 0 amide bonds. The molecule has 1 saturated heterocycles. The Labute approximate surface area is 114 Å². The summed E-state index contributed by atoms with van der Waals surface area (Å²) in [5.41, 5.74) is 0. The molecule has 0 spiro atoms. The number of rotatable bonds is 1. The van der Waals surface area contributed by atoms with Gasteiger partial charge in [-0.2, -0.15) is 0 Å². The van der Waals surface area contributed by atoms with E-state index in [0.29, 0.717) is 0 Å². The van der Waals surface area contributed by atoms with E-state index in [9.17, 15) is 0 Å². The van der Waals surface area contributed by atoms with Crippen LogP contribution in [0.15, 0.2) is 0 Å². The fourth-order valence-corrected chi connectivity index (χ4v) is 0.972. The molecule has 10 heavy (non-hydrogen) atoms. The van der Waals surface area contributed by atoms with E-state index in [1.807, 2.05) is 13.8 Å². The average Bonchev–Trinajstić information content (AvgIpc) is 2.43. The van der Waals surface area contributed by atoms with Crippen LogP contribution in [-0.4, -0.2) is 13.1 Å². The summed E-state index contributed by atoms with van der Waals surface area (Å²) in [6, 6.07) is 0. The molecule has 0 bridgehead atoms. The summed E-state index contributed by atoms with van der Waals surface area (Å²) in [7, 11) is 0. The third-order valence-electron chi connectivity index (χ3n) is 1.66. The largest absolute Gasteiger partial charge is 1.00 e. The van der Waals surface area contributed by atoms with Crippen LogP contribution in [-0.2, 0) is 0 Å². The van der Waals surface area contributed by atoms with Gasteiger partial charge in [-0.25, -0.2) is 0 Å². The van der Waals surface area contributed by atoms with Gasteiger partial charge >= 0.3 is 58.2 Å². The number of nitrogens with zero attached hydrogens (tertiary/aromatic N) is 1. The molecule has 1 aliphatic heterocycles. The summed E-state index contributed by atoms with van der Waals surface area (Å²) in [4.78, 5) is 0. The molecule has 0 aliphatic carbocycles. The van der Waals surface area contributed by atoms with Crippen molar-refractivity contribution < 1.29 is 58.2 Å². The van der Waals surface area contributed by atoms with Crippen LogP contribution in [0.1, 0.15) is 33.6 Å². The van der Waals surface area contributed by atoms with Crippen molar-refractivity contribution in [2.45, 2.75) is 33.6 Å². The Kier molecular flexibility index (Phi) is 15.4. The molecule has 1 rings (SSSR count). The van der Waals surface area contributed by atoms with Crippen LogP contribution < -0.4 is 58.2 Å². The van der Waals surface area contributed by atoms with Gasteiger partial charge in [-0.1, -0.05) is 39.5 Å². The van der Waals surface area contributed by atoms with Crippen LogP contribution in [0, 0.1) is 5.92 Å². The van der Waals surface area contributed by atoms with Gasteiger partial charge in [0.2, 0.25) is 0 Å². The fourth-order valence-electron chi connectivity index (χ4n) is 0.972. The molecule has 0 N–H and O–H groups in total. The van der Waals surface area contributed by atoms with Gasteiger partial charge in [0.25, 0.3) is 0 Å². The van der Waals surface area contributed by atoms with Crippen molar-refractivity contribution >= 4 is 0 Å². The van der Waals surface area contributed by atoms with E-state index >= 15 is 0 Å². The van der Waals surface area contributed by atoms with Crippen LogP contribution in [0.25, 0.3) is 5.32 Å². The summed E-state index contributed by atoms with van der Waals surface area (Å²) in [6.45, 7) is 8.50. The Hall–Kier alpha value is 1.77. The predicted octanol–water partition coefficient (Wildman–Crippen LogP) is -0.180. The maximum Gasteiger partial charge on any atom is 1.00 e. The van der Waals surface area contributed by atoms with Crippen LogP contribution in [0.5, 0.6) is 0 Å². The first-order valence-corrected chi connectivity index (χ1v) is 4.06. The molecule has 0 saturated carbocycles. The zero-order valence-corrected chi connectivity index (χ0v) is 12.8. The second-order valence-corrected chi connectivity index (χ2v) is 2.19. The Morgan fingerprint density at radius 1 is 1.40 bits per heavy atom. The van der Waals surface area contributed by atoms with Crippen molar-refractivity contribution in [3.05, 3.63) is 5.32 Å². The molecule has 0 radical (unpaired) electrons. The van der Waals surface area contributed by atoms with Crippen LogP contribution in [0.3, 0.4) is 0 Å². The van der Waals surface area contributed by atoms with Crippen molar-refractivity contribution in [3.8, 4) is 0 Å². The third-order valence-corrected chi connectivity index (χ3v) is 1.66. The monoisotopic (exact) mass is 213 g/mol. The van der Waals surface area contributed by atoms with E-state index in [1.54, 1.807) is 0 Å². The van der Waals surface area contributed by atoms with Gasteiger partial charge in [0.1, 0.15) is 0 Å². The fraction of sp³-hybridized carbons (Fsp3) is 1.00. The van der Waals surface area contributed by atoms with E-state index in [2.05, 4.69) is 12.2 Å². The summed E-state index contributed by atoms with van der Waals surface area (Å²) >= 11 is 0. The minimum Gasteiger partial charge on any atom is -0.662 e. The van der Waals surface area contributed by atoms with Crippen molar-refractivity contribution in [2.75, 3.05) is 13.1 Å². The van der Waals surface area contributed by atoms with Crippen molar-refractivity contribution in [3.63, 3.8) is 0 Å². The third kappa shape index (κ3) is 6.47. The normalized spacial score (nSPS) is 22.5. The first-order chi connectivity index (χ1) is 4.43. The van der Waals surface area contributed by atoms with Gasteiger partial charge in [0.15, 0.2) is 0 Å². The second kappa shape index (κ2) is 10.8. The van der Waals surface area contributed by atoms with Gasteiger partial charge in [-0.05, 0) is 0 Å². The minimum atomic E-state index is 0. The molecule has 0 aromatic heterocycles. The first-order valence-electron chi connectivity index (χ1n) is 4.06. The Balaban J connectivity index is 0. The van der Waals surface area contributed by atoms with Crippen molar-refractivity contribution in [1.82, 2.24) is 0 Å². The maximum atomic E-state index is 4.24. The first kappa shape index (κ1) is 14.3. The molecular weight excluding hydrogens is 196 g/mol. The molecule has 2 heteroatoms. The molecule has 0 aromatic rings. The van der Waals surface area contributed by atoms with E-state index in [-0.39, 0.29) is 58.2 Å². The second-order valence-electron chi connectivity index (χ2n) is 2.19. The Bertz CT molecular complexity index is 51.2. The maximum absolute atomic E-state index is 4.24. The molecule has 1 atom stereocenters. The average molecular weight is 214 g/mol. The predicted molar refractivity (Wildman–Crippen MR) is 42.8 cm³/mol. The van der Waals surface area contributed by atoms with E-state index in [0.717, 1.165) is 19.0 Å². The quantitative estimate of drug-likeness (QED) is 0.574. The van der Waals surface area contributed by atoms with Gasteiger partial charge in [-0.3, -0.25) is 0 Å². The Morgan fingerprint density at radius 3 is 2.20 bits per heavy atom. The minimum absolute atomic E-state index is 0. The van der Waals surface area contributed by atoms with Crippen LogP contribution >= 0.6 is 0 Å². The summed E-state index contributed by atoms with van der Waals surface area (Å²) in [5, 5.41) is 4.24. The summed E-state index contributed by atoms with van der Waals surface area (Å²) in [5.74, 6) is 0.931. The van der Waals surface area contributed by atoms with Gasteiger partial charge in [-0.15, -0.1) is 13.1 Å². The molecule has 56 valence electrons. The van der Waals surface area contributed by atoms with Gasteiger partial charge in [0, 0.05) is 0 Å². The number of hydrogen-bond acceptors (Lipinski definition) is 0. The zero-order chi connectivity index (χ0) is 7.11. The smallest absolute Gasteiger partial charge is 0.662 e. The Morgan fingerprint density at radius 2 is 2.00 bits per heavy atom. The zero-order valence-electron chi connectivity index (χ0n) is 7.85. The number of hydrogen-bond donors (Lipinski definition) is 0. The molecule has 1 heterocycles. The van der Waals surface area contributed by atoms with Crippen LogP contribution in [0.4, 0.5) is 0 Å². The molecule has 0 unspecified atom stereocenters. The van der Waals surface area contributed by atoms with Crippen molar-refractivity contribution in [1.29, 1.82) is 0 Å². The topological polar surface area (TPSA) is 14.1 Å². The van der Waals surface area contributed by atoms with Gasteiger partial charge in [0.05, 0.1) is 0 Å². The van der Waals surface area contributed by atoms with Gasteiger partial charge < -0.3 is 5.32 Å². The summed E-state index contributed by atoms with van der Waals surface area (Å²) < 4.78 is 0. The standard InChI is InChI=1S/C6H12N.C2H6.Rb/c1-2-6-3-4-7-5-6;1-2;/h6H,2-5H2,1H3;1-2H3;/q-1;;+1/t6-;;/m1../s1. The van der Waals surface area contributed by atoms with E-state index in [4.69, 9.17) is 0 Å². The molecule has 1 nitrogen and oxygen atoms in total. The molecular formula is C8H18NRb. The van der Waals surface area contributed by atoms with Crippen LogP contribution in [0.2, 0.25) is 0 Å². The van der Waals surface area contributed by atoms with E-state index < -0.39 is 0 Å². The molecule has 0 aromatic carbocycles. The molecule has 1 fully saturated rings. The van der Waals surface area contributed by atoms with Crippen molar-refractivity contribution in [2.24, 2.45) is 5.92 Å². The molecule has 1 aliphatic rings. The van der Waals surface area contributed by atoms with E-state index in [1.165, 1.54) is 12.8 Å².